The molecule has 0 radical (unpaired) electrons. The molecular weight excluding hydrogens is 286 g/mol. The third kappa shape index (κ3) is 4.30. The van der Waals surface area contributed by atoms with Crippen LogP contribution in [-0.2, 0) is 6.54 Å². The third-order valence-electron chi connectivity index (χ3n) is 3.89. The standard InChI is InChI=1S/C16H22ClN3O/c1-3-16(2,8-9-21)18-10-13-11-19-20(12-13)15-6-4-14(17)5-7-15/h4-7,11-12,18,21H,3,8-10H2,1-2H3. The van der Waals surface area contributed by atoms with Crippen LogP contribution in [0.25, 0.3) is 5.69 Å². The van der Waals surface area contributed by atoms with E-state index in [9.17, 15) is 0 Å². The predicted octanol–water partition coefficient (Wildman–Crippen LogP) is 3.17. The zero-order valence-electron chi connectivity index (χ0n) is 12.5. The fourth-order valence-electron chi connectivity index (χ4n) is 2.14. The molecule has 0 amide bonds. The Morgan fingerprint density at radius 2 is 2.05 bits per heavy atom. The van der Waals surface area contributed by atoms with E-state index in [1.54, 1.807) is 0 Å². The van der Waals surface area contributed by atoms with Crippen molar-refractivity contribution in [2.45, 2.75) is 38.8 Å². The number of hydrogen-bond acceptors (Lipinski definition) is 3. The van der Waals surface area contributed by atoms with Gasteiger partial charge >= 0.3 is 0 Å². The lowest BCUT2D eigenvalue weighted by atomic mass is 9.95. The van der Waals surface area contributed by atoms with Crippen molar-refractivity contribution in [1.29, 1.82) is 0 Å². The van der Waals surface area contributed by atoms with E-state index in [2.05, 4.69) is 24.3 Å². The second kappa shape index (κ2) is 7.07. The van der Waals surface area contributed by atoms with Gasteiger partial charge in [-0.1, -0.05) is 18.5 Å². The van der Waals surface area contributed by atoms with Crippen molar-refractivity contribution >= 4 is 11.6 Å². The minimum Gasteiger partial charge on any atom is -0.396 e. The Hall–Kier alpha value is -1.36. The lowest BCUT2D eigenvalue weighted by molar-refractivity contribution is 0.214. The Bertz CT molecular complexity index is 567. The van der Waals surface area contributed by atoms with Gasteiger partial charge in [-0.15, -0.1) is 0 Å². The highest BCUT2D eigenvalue weighted by atomic mass is 35.5. The van der Waals surface area contributed by atoms with Crippen molar-refractivity contribution < 1.29 is 5.11 Å². The number of aliphatic hydroxyl groups is 1. The quantitative estimate of drug-likeness (QED) is 0.826. The van der Waals surface area contributed by atoms with Gasteiger partial charge in [-0.25, -0.2) is 4.68 Å². The smallest absolute Gasteiger partial charge is 0.0646 e. The molecule has 4 nitrogen and oxygen atoms in total. The van der Waals surface area contributed by atoms with Crippen LogP contribution in [0.15, 0.2) is 36.7 Å². The van der Waals surface area contributed by atoms with Crippen LogP contribution >= 0.6 is 11.6 Å². The summed E-state index contributed by atoms with van der Waals surface area (Å²) in [6.45, 7) is 5.19. The summed E-state index contributed by atoms with van der Waals surface area (Å²) >= 11 is 5.89. The summed E-state index contributed by atoms with van der Waals surface area (Å²) in [5.74, 6) is 0. The molecule has 0 aliphatic rings. The Balaban J connectivity index is 2.02. The number of nitrogens with one attached hydrogen (secondary N) is 1. The summed E-state index contributed by atoms with van der Waals surface area (Å²) in [7, 11) is 0. The molecule has 0 saturated carbocycles. The maximum Gasteiger partial charge on any atom is 0.0646 e. The largest absolute Gasteiger partial charge is 0.396 e. The van der Waals surface area contributed by atoms with Crippen LogP contribution in [0.5, 0.6) is 0 Å². The molecule has 1 unspecified atom stereocenters. The molecule has 114 valence electrons. The molecule has 2 N–H and O–H groups in total. The summed E-state index contributed by atoms with van der Waals surface area (Å²) < 4.78 is 1.84. The van der Waals surface area contributed by atoms with Crippen LogP contribution in [-0.4, -0.2) is 27.0 Å². The van der Waals surface area contributed by atoms with Gasteiger partial charge in [0.2, 0.25) is 0 Å². The summed E-state index contributed by atoms with van der Waals surface area (Å²) in [5, 5.41) is 17.7. The molecule has 2 aromatic rings. The lowest BCUT2D eigenvalue weighted by Crippen LogP contribution is -2.41. The highest BCUT2D eigenvalue weighted by Gasteiger charge is 2.20. The first-order valence-corrected chi connectivity index (χ1v) is 7.59. The molecule has 21 heavy (non-hydrogen) atoms. The first kappa shape index (κ1) is 16.0. The molecule has 1 atom stereocenters. The van der Waals surface area contributed by atoms with Gasteiger partial charge in [0, 0.05) is 35.5 Å². The number of aliphatic hydroxyl groups excluding tert-OH is 1. The van der Waals surface area contributed by atoms with Gasteiger partial charge in [-0.3, -0.25) is 0 Å². The topological polar surface area (TPSA) is 50.1 Å². The van der Waals surface area contributed by atoms with E-state index < -0.39 is 0 Å². The number of benzene rings is 1. The van der Waals surface area contributed by atoms with Gasteiger partial charge in [0.25, 0.3) is 0 Å². The SMILES string of the molecule is CCC(C)(CCO)NCc1cnn(-c2ccc(Cl)cc2)c1. The summed E-state index contributed by atoms with van der Waals surface area (Å²) in [5.41, 5.74) is 2.05. The highest BCUT2D eigenvalue weighted by Crippen LogP contribution is 2.16. The maximum atomic E-state index is 9.14. The van der Waals surface area contributed by atoms with Crippen LogP contribution in [0.2, 0.25) is 5.02 Å². The molecule has 0 bridgehead atoms. The van der Waals surface area contributed by atoms with Gasteiger partial charge in [0.15, 0.2) is 0 Å². The van der Waals surface area contributed by atoms with Crippen LogP contribution in [0.4, 0.5) is 0 Å². The molecule has 0 aliphatic carbocycles. The Kier molecular flexibility index (Phi) is 5.39. The first-order valence-electron chi connectivity index (χ1n) is 7.22. The second-order valence-corrected chi connectivity index (χ2v) is 5.95. The molecular formula is C16H22ClN3O. The predicted molar refractivity (Wildman–Crippen MR) is 85.8 cm³/mol. The molecule has 1 heterocycles. The number of halogens is 1. The fraction of sp³-hybridized carbons (Fsp3) is 0.438. The monoisotopic (exact) mass is 307 g/mol. The zero-order valence-corrected chi connectivity index (χ0v) is 13.3. The van der Waals surface area contributed by atoms with Crippen LogP contribution in [0.1, 0.15) is 32.3 Å². The van der Waals surface area contributed by atoms with E-state index in [-0.39, 0.29) is 12.1 Å². The van der Waals surface area contributed by atoms with Crippen molar-refractivity contribution in [3.8, 4) is 5.69 Å². The van der Waals surface area contributed by atoms with Gasteiger partial charge in [0.1, 0.15) is 0 Å². The Morgan fingerprint density at radius 1 is 1.33 bits per heavy atom. The molecule has 0 saturated heterocycles. The van der Waals surface area contributed by atoms with Crippen molar-refractivity contribution in [2.24, 2.45) is 0 Å². The molecule has 0 aliphatic heterocycles. The van der Waals surface area contributed by atoms with E-state index in [4.69, 9.17) is 16.7 Å². The molecule has 5 heteroatoms. The second-order valence-electron chi connectivity index (χ2n) is 5.51. The molecule has 1 aromatic carbocycles. The van der Waals surface area contributed by atoms with E-state index in [0.717, 1.165) is 35.7 Å². The molecule has 2 rings (SSSR count). The van der Waals surface area contributed by atoms with Crippen molar-refractivity contribution in [3.63, 3.8) is 0 Å². The van der Waals surface area contributed by atoms with Crippen LogP contribution < -0.4 is 5.32 Å². The van der Waals surface area contributed by atoms with Gasteiger partial charge in [-0.05, 0) is 44.0 Å². The number of hydrogen-bond donors (Lipinski definition) is 2. The molecule has 0 fully saturated rings. The molecule has 1 aromatic heterocycles. The third-order valence-corrected chi connectivity index (χ3v) is 4.14. The Morgan fingerprint density at radius 3 is 2.67 bits per heavy atom. The van der Waals surface area contributed by atoms with Crippen LogP contribution in [0, 0.1) is 0 Å². The van der Waals surface area contributed by atoms with Gasteiger partial charge < -0.3 is 10.4 Å². The first-order chi connectivity index (χ1) is 10.1. The number of nitrogens with zero attached hydrogens (tertiary/aromatic N) is 2. The maximum absolute atomic E-state index is 9.14. The zero-order chi connectivity index (χ0) is 15.3. The minimum atomic E-state index is -0.0445. The average molecular weight is 308 g/mol. The normalized spacial score (nSPS) is 14.1. The van der Waals surface area contributed by atoms with Crippen LogP contribution in [0.3, 0.4) is 0 Å². The van der Waals surface area contributed by atoms with E-state index in [1.165, 1.54) is 0 Å². The van der Waals surface area contributed by atoms with Crippen molar-refractivity contribution in [1.82, 2.24) is 15.1 Å². The van der Waals surface area contributed by atoms with Gasteiger partial charge in [0.05, 0.1) is 11.9 Å². The lowest BCUT2D eigenvalue weighted by Gasteiger charge is -2.28. The fourth-order valence-corrected chi connectivity index (χ4v) is 2.26. The molecule has 0 spiro atoms. The highest BCUT2D eigenvalue weighted by molar-refractivity contribution is 6.30. The van der Waals surface area contributed by atoms with Crippen molar-refractivity contribution in [3.05, 3.63) is 47.2 Å². The summed E-state index contributed by atoms with van der Waals surface area (Å²) in [6.07, 6.45) is 5.58. The van der Waals surface area contributed by atoms with E-state index in [0.29, 0.717) is 0 Å². The van der Waals surface area contributed by atoms with Gasteiger partial charge in [-0.2, -0.15) is 5.10 Å². The Labute approximate surface area is 130 Å². The minimum absolute atomic E-state index is 0.0445. The van der Waals surface area contributed by atoms with E-state index in [1.807, 2.05) is 41.3 Å². The average Bonchev–Trinajstić information content (AvgIpc) is 2.95. The summed E-state index contributed by atoms with van der Waals surface area (Å²) in [6, 6.07) is 7.58. The number of rotatable bonds is 7. The van der Waals surface area contributed by atoms with Crippen molar-refractivity contribution in [2.75, 3.05) is 6.61 Å². The summed E-state index contributed by atoms with van der Waals surface area (Å²) in [4.78, 5) is 0. The number of aromatic nitrogens is 2. The van der Waals surface area contributed by atoms with E-state index >= 15 is 0 Å².